The molecule has 180 valence electrons. The number of benzene rings is 1. The SMILES string of the molecule is O=C(c1ccc(OC(F)(F)F)cc1)N1CCC(c2c(F)cnc3[nH]c4c(c23)CCC(O)C4)CC1. The van der Waals surface area contributed by atoms with Crippen LogP contribution in [0.1, 0.15) is 52.4 Å². The molecule has 1 fully saturated rings. The molecule has 0 saturated carbocycles. The molecule has 1 aliphatic carbocycles. The fraction of sp³-hybridized carbons (Fsp3) is 0.417. The number of likely N-dealkylation sites (tertiary alicyclic amines) is 1. The standard InChI is InChI=1S/C24H23F4N3O3/c25-18-12-29-22-21(17-6-3-15(32)11-19(17)30-22)20(18)13-7-9-31(10-8-13)23(33)14-1-4-16(5-2-14)34-24(26,27)28/h1-2,4-5,12-13,15,32H,3,6-11H2,(H,29,30). The number of hydrogen-bond donors (Lipinski definition) is 2. The van der Waals surface area contributed by atoms with Crippen molar-refractivity contribution in [3.63, 3.8) is 0 Å². The van der Waals surface area contributed by atoms with Crippen LogP contribution < -0.4 is 4.74 Å². The fourth-order valence-corrected chi connectivity index (χ4v) is 5.12. The third-order valence-electron chi connectivity index (χ3n) is 6.70. The number of aliphatic hydroxyl groups excluding tert-OH is 1. The Morgan fingerprint density at radius 1 is 1.15 bits per heavy atom. The first-order chi connectivity index (χ1) is 16.2. The number of alkyl halides is 3. The number of carbonyl (C=O) groups excluding carboxylic acids is 1. The molecule has 3 aromatic rings. The Balaban J connectivity index is 1.32. The number of pyridine rings is 1. The molecule has 0 bridgehead atoms. The van der Waals surface area contributed by atoms with Crippen LogP contribution in [0.3, 0.4) is 0 Å². The van der Waals surface area contributed by atoms with Crippen molar-refractivity contribution in [3.05, 3.63) is 58.7 Å². The Bertz CT molecular complexity index is 1210. The smallest absolute Gasteiger partial charge is 0.406 e. The van der Waals surface area contributed by atoms with Crippen LogP contribution in [-0.4, -0.2) is 51.4 Å². The monoisotopic (exact) mass is 477 g/mol. The molecule has 1 saturated heterocycles. The van der Waals surface area contributed by atoms with Crippen LogP contribution in [0.2, 0.25) is 0 Å². The van der Waals surface area contributed by atoms with Crippen LogP contribution >= 0.6 is 0 Å². The lowest BCUT2D eigenvalue weighted by molar-refractivity contribution is -0.274. The molecule has 0 spiro atoms. The zero-order chi connectivity index (χ0) is 24.0. The van der Waals surface area contributed by atoms with Crippen molar-refractivity contribution in [3.8, 4) is 5.75 Å². The summed E-state index contributed by atoms with van der Waals surface area (Å²) in [6, 6.07) is 4.84. The van der Waals surface area contributed by atoms with Gasteiger partial charge in [0.2, 0.25) is 0 Å². The van der Waals surface area contributed by atoms with E-state index >= 15 is 4.39 Å². The van der Waals surface area contributed by atoms with E-state index in [4.69, 9.17) is 0 Å². The maximum Gasteiger partial charge on any atom is 0.573 e. The number of aryl methyl sites for hydroxylation is 1. The highest BCUT2D eigenvalue weighted by atomic mass is 19.4. The number of halogens is 4. The molecule has 1 aliphatic heterocycles. The molecule has 0 radical (unpaired) electrons. The molecule has 1 amide bonds. The summed E-state index contributed by atoms with van der Waals surface area (Å²) in [6.07, 6.45) is -1.11. The van der Waals surface area contributed by atoms with Crippen LogP contribution in [0.4, 0.5) is 17.6 Å². The quantitative estimate of drug-likeness (QED) is 0.546. The molecule has 3 heterocycles. The summed E-state index contributed by atoms with van der Waals surface area (Å²) in [5, 5.41) is 10.8. The van der Waals surface area contributed by atoms with Gasteiger partial charge in [-0.25, -0.2) is 9.37 Å². The number of amides is 1. The minimum absolute atomic E-state index is 0.0936. The van der Waals surface area contributed by atoms with Gasteiger partial charge in [0.1, 0.15) is 17.2 Å². The van der Waals surface area contributed by atoms with E-state index in [2.05, 4.69) is 14.7 Å². The number of nitrogens with zero attached hydrogens (tertiary/aromatic N) is 2. The zero-order valence-corrected chi connectivity index (χ0v) is 18.2. The first-order valence-corrected chi connectivity index (χ1v) is 11.2. The zero-order valence-electron chi connectivity index (χ0n) is 18.2. The molecule has 6 nitrogen and oxygen atoms in total. The third kappa shape index (κ3) is 4.34. The third-order valence-corrected chi connectivity index (χ3v) is 6.70. The lowest BCUT2D eigenvalue weighted by Crippen LogP contribution is -2.38. The number of rotatable bonds is 3. The number of aliphatic hydroxyl groups is 1. The number of fused-ring (bicyclic) bond motifs is 3. The minimum Gasteiger partial charge on any atom is -0.406 e. The van der Waals surface area contributed by atoms with Gasteiger partial charge in [-0.2, -0.15) is 0 Å². The normalized spacial score (nSPS) is 19.3. The van der Waals surface area contributed by atoms with E-state index in [-0.39, 0.29) is 29.0 Å². The van der Waals surface area contributed by atoms with Crippen molar-refractivity contribution < 1.29 is 32.2 Å². The number of piperidine rings is 1. The van der Waals surface area contributed by atoms with E-state index in [0.717, 1.165) is 28.8 Å². The number of nitrogens with one attached hydrogen (secondary N) is 1. The number of H-pyrrole nitrogens is 1. The maximum absolute atomic E-state index is 15.0. The Hall–Kier alpha value is -3.14. The van der Waals surface area contributed by atoms with E-state index < -0.39 is 12.5 Å². The van der Waals surface area contributed by atoms with Gasteiger partial charge in [0.25, 0.3) is 5.91 Å². The van der Waals surface area contributed by atoms with Crippen molar-refractivity contribution in [2.75, 3.05) is 13.1 Å². The Morgan fingerprint density at radius 3 is 2.53 bits per heavy atom. The van der Waals surface area contributed by atoms with Crippen molar-refractivity contribution in [1.29, 1.82) is 0 Å². The van der Waals surface area contributed by atoms with Crippen molar-refractivity contribution in [2.45, 2.75) is 50.5 Å². The van der Waals surface area contributed by atoms with Crippen LogP contribution in [-0.2, 0) is 12.8 Å². The highest BCUT2D eigenvalue weighted by Crippen LogP contribution is 2.39. The molecule has 34 heavy (non-hydrogen) atoms. The molecule has 5 rings (SSSR count). The second-order valence-electron chi connectivity index (χ2n) is 8.86. The largest absolute Gasteiger partial charge is 0.573 e. The first kappa shape index (κ1) is 22.6. The lowest BCUT2D eigenvalue weighted by atomic mass is 9.84. The summed E-state index contributed by atoms with van der Waals surface area (Å²) in [5.74, 6) is -1.14. The molecule has 1 unspecified atom stereocenters. The van der Waals surface area contributed by atoms with Crippen molar-refractivity contribution >= 4 is 16.9 Å². The topological polar surface area (TPSA) is 78.5 Å². The molecule has 2 N–H and O–H groups in total. The van der Waals surface area contributed by atoms with Gasteiger partial charge in [-0.15, -0.1) is 13.2 Å². The Labute approximate surface area is 192 Å². The predicted octanol–water partition coefficient (Wildman–Crippen LogP) is 4.47. The lowest BCUT2D eigenvalue weighted by Gasteiger charge is -2.33. The highest BCUT2D eigenvalue weighted by molar-refractivity contribution is 5.94. The summed E-state index contributed by atoms with van der Waals surface area (Å²) in [7, 11) is 0. The molecular formula is C24H23F4N3O3. The summed E-state index contributed by atoms with van der Waals surface area (Å²) in [5.41, 5.74) is 3.42. The first-order valence-electron chi connectivity index (χ1n) is 11.2. The molecule has 2 aliphatic rings. The molecular weight excluding hydrogens is 454 g/mol. The van der Waals surface area contributed by atoms with Crippen LogP contribution in [0, 0.1) is 5.82 Å². The average molecular weight is 477 g/mol. The summed E-state index contributed by atoms with van der Waals surface area (Å²) in [4.78, 5) is 21.9. The van der Waals surface area contributed by atoms with Gasteiger partial charge in [0, 0.05) is 41.7 Å². The summed E-state index contributed by atoms with van der Waals surface area (Å²) < 4.78 is 55.9. The average Bonchev–Trinajstić information content (AvgIpc) is 3.16. The summed E-state index contributed by atoms with van der Waals surface area (Å²) in [6.45, 7) is 0.803. The van der Waals surface area contributed by atoms with Crippen LogP contribution in [0.15, 0.2) is 30.5 Å². The fourth-order valence-electron chi connectivity index (χ4n) is 5.12. The van der Waals surface area contributed by atoms with Crippen molar-refractivity contribution in [2.24, 2.45) is 0 Å². The van der Waals surface area contributed by atoms with E-state index in [1.165, 1.54) is 18.3 Å². The van der Waals surface area contributed by atoms with Gasteiger partial charge in [-0.05, 0) is 61.4 Å². The van der Waals surface area contributed by atoms with Gasteiger partial charge in [-0.1, -0.05) is 0 Å². The van der Waals surface area contributed by atoms with Gasteiger partial charge >= 0.3 is 6.36 Å². The molecule has 10 heteroatoms. The molecule has 2 aromatic heterocycles. The molecule has 1 aromatic carbocycles. The van der Waals surface area contributed by atoms with Gasteiger partial charge < -0.3 is 19.7 Å². The van der Waals surface area contributed by atoms with E-state index in [9.17, 15) is 23.1 Å². The van der Waals surface area contributed by atoms with E-state index in [1.54, 1.807) is 4.90 Å². The Kier molecular flexibility index (Phi) is 5.71. The van der Waals surface area contributed by atoms with Gasteiger partial charge in [-0.3, -0.25) is 4.79 Å². The van der Waals surface area contributed by atoms with Crippen LogP contribution in [0.25, 0.3) is 11.0 Å². The number of hydrogen-bond acceptors (Lipinski definition) is 4. The van der Waals surface area contributed by atoms with Gasteiger partial charge in [0.15, 0.2) is 0 Å². The second kappa shape index (κ2) is 8.57. The van der Waals surface area contributed by atoms with Crippen LogP contribution in [0.5, 0.6) is 5.75 Å². The number of aromatic nitrogens is 2. The minimum atomic E-state index is -4.79. The predicted molar refractivity (Wildman–Crippen MR) is 115 cm³/mol. The maximum atomic E-state index is 15.0. The van der Waals surface area contributed by atoms with Gasteiger partial charge in [0.05, 0.1) is 12.3 Å². The highest BCUT2D eigenvalue weighted by Gasteiger charge is 2.32. The molecule has 1 atom stereocenters. The van der Waals surface area contributed by atoms with E-state index in [0.29, 0.717) is 56.4 Å². The number of ether oxygens (including phenoxy) is 1. The second-order valence-corrected chi connectivity index (χ2v) is 8.86. The Morgan fingerprint density at radius 2 is 1.85 bits per heavy atom. The number of carbonyl (C=O) groups is 1. The van der Waals surface area contributed by atoms with E-state index in [1.807, 2.05) is 0 Å². The number of aromatic amines is 1. The summed E-state index contributed by atoms with van der Waals surface area (Å²) >= 11 is 0. The van der Waals surface area contributed by atoms with Crippen molar-refractivity contribution in [1.82, 2.24) is 14.9 Å².